The summed E-state index contributed by atoms with van der Waals surface area (Å²) in [5, 5.41) is 11.4. The Bertz CT molecular complexity index is 826. The fourth-order valence-electron chi connectivity index (χ4n) is 2.02. The topological polar surface area (TPSA) is 69.2 Å². The largest absolute Gasteiger partial charge is 0.436 e. The number of nitrogens with zero attached hydrogens (tertiary/aromatic N) is 2. The summed E-state index contributed by atoms with van der Waals surface area (Å²) in [6.45, 7) is 1.68. The van der Waals surface area contributed by atoms with Crippen molar-refractivity contribution in [1.29, 1.82) is 0 Å². The SMILES string of the molecule is Cc1cc(-c2nc3cc(Cl)ccc3o2)ccc1[N+](=O)[O-]. The molecular weight excluding hydrogens is 280 g/mol. The number of benzene rings is 2. The zero-order chi connectivity index (χ0) is 14.3. The van der Waals surface area contributed by atoms with Gasteiger partial charge in [-0.25, -0.2) is 4.98 Å². The summed E-state index contributed by atoms with van der Waals surface area (Å²) in [7, 11) is 0. The maximum Gasteiger partial charge on any atom is 0.272 e. The maximum atomic E-state index is 10.8. The number of hydrogen-bond acceptors (Lipinski definition) is 4. The number of halogens is 1. The van der Waals surface area contributed by atoms with Gasteiger partial charge in [-0.1, -0.05) is 11.6 Å². The highest BCUT2D eigenvalue weighted by atomic mass is 35.5. The molecule has 0 saturated carbocycles. The molecule has 1 aromatic heterocycles. The highest BCUT2D eigenvalue weighted by Gasteiger charge is 2.14. The number of fused-ring (bicyclic) bond motifs is 1. The Kier molecular flexibility index (Phi) is 2.91. The van der Waals surface area contributed by atoms with Crippen LogP contribution >= 0.6 is 11.6 Å². The van der Waals surface area contributed by atoms with Crippen molar-refractivity contribution in [2.24, 2.45) is 0 Å². The molecule has 2 aromatic carbocycles. The molecule has 0 bridgehead atoms. The molecule has 0 spiro atoms. The second kappa shape index (κ2) is 4.61. The van der Waals surface area contributed by atoms with Crippen LogP contribution in [0.1, 0.15) is 5.56 Å². The van der Waals surface area contributed by atoms with Gasteiger partial charge in [0.05, 0.1) is 4.92 Å². The Hall–Kier alpha value is -2.40. The van der Waals surface area contributed by atoms with Crippen molar-refractivity contribution in [3.63, 3.8) is 0 Å². The Balaban J connectivity index is 2.11. The summed E-state index contributed by atoms with van der Waals surface area (Å²) in [6, 6.07) is 9.93. The molecule has 0 N–H and O–H groups in total. The minimum Gasteiger partial charge on any atom is -0.436 e. The van der Waals surface area contributed by atoms with E-state index in [-0.39, 0.29) is 5.69 Å². The van der Waals surface area contributed by atoms with Crippen LogP contribution in [0.2, 0.25) is 5.02 Å². The van der Waals surface area contributed by atoms with E-state index in [1.807, 2.05) is 0 Å². The second-order valence-electron chi connectivity index (χ2n) is 4.39. The molecule has 0 radical (unpaired) electrons. The van der Waals surface area contributed by atoms with Gasteiger partial charge in [-0.15, -0.1) is 0 Å². The number of rotatable bonds is 2. The van der Waals surface area contributed by atoms with Gasteiger partial charge in [0.1, 0.15) is 5.52 Å². The van der Waals surface area contributed by atoms with Crippen LogP contribution in [0.5, 0.6) is 0 Å². The average Bonchev–Trinajstić information content (AvgIpc) is 2.81. The van der Waals surface area contributed by atoms with Crippen molar-refractivity contribution in [3.8, 4) is 11.5 Å². The Morgan fingerprint density at radius 3 is 2.75 bits per heavy atom. The van der Waals surface area contributed by atoms with Gasteiger partial charge in [0, 0.05) is 22.2 Å². The van der Waals surface area contributed by atoms with Gasteiger partial charge in [-0.3, -0.25) is 10.1 Å². The van der Waals surface area contributed by atoms with Gasteiger partial charge in [0.2, 0.25) is 5.89 Å². The number of aromatic nitrogens is 1. The van der Waals surface area contributed by atoms with Gasteiger partial charge in [-0.2, -0.15) is 0 Å². The Morgan fingerprint density at radius 2 is 2.05 bits per heavy atom. The fraction of sp³-hybridized carbons (Fsp3) is 0.0714. The summed E-state index contributed by atoms with van der Waals surface area (Å²) in [5.74, 6) is 0.417. The van der Waals surface area contributed by atoms with Crippen LogP contribution in [0.25, 0.3) is 22.6 Å². The molecule has 0 amide bonds. The van der Waals surface area contributed by atoms with E-state index in [0.717, 1.165) is 0 Å². The Morgan fingerprint density at radius 1 is 1.25 bits per heavy atom. The molecule has 100 valence electrons. The van der Waals surface area contributed by atoms with Gasteiger partial charge in [-0.05, 0) is 37.3 Å². The first-order valence-electron chi connectivity index (χ1n) is 5.86. The zero-order valence-electron chi connectivity index (χ0n) is 10.5. The van der Waals surface area contributed by atoms with E-state index < -0.39 is 4.92 Å². The van der Waals surface area contributed by atoms with Crippen LogP contribution in [-0.2, 0) is 0 Å². The van der Waals surface area contributed by atoms with Gasteiger partial charge >= 0.3 is 0 Å². The van der Waals surface area contributed by atoms with Crippen LogP contribution in [-0.4, -0.2) is 9.91 Å². The number of nitro groups is 1. The highest BCUT2D eigenvalue weighted by molar-refractivity contribution is 6.31. The van der Waals surface area contributed by atoms with E-state index in [2.05, 4.69) is 4.98 Å². The standard InChI is InChI=1S/C14H9ClN2O3/c1-8-6-9(2-4-12(8)17(18)19)14-16-11-7-10(15)3-5-13(11)20-14/h2-7H,1H3. The third-order valence-electron chi connectivity index (χ3n) is 2.99. The summed E-state index contributed by atoms with van der Waals surface area (Å²) < 4.78 is 5.62. The summed E-state index contributed by atoms with van der Waals surface area (Å²) in [4.78, 5) is 14.7. The summed E-state index contributed by atoms with van der Waals surface area (Å²) in [5.41, 5.74) is 2.62. The molecule has 0 aliphatic heterocycles. The molecule has 0 unspecified atom stereocenters. The van der Waals surface area contributed by atoms with Crippen LogP contribution in [0.4, 0.5) is 5.69 Å². The molecule has 3 aromatic rings. The number of hydrogen-bond donors (Lipinski definition) is 0. The van der Waals surface area contributed by atoms with Gasteiger partial charge < -0.3 is 4.42 Å². The third-order valence-corrected chi connectivity index (χ3v) is 3.23. The van der Waals surface area contributed by atoms with Crippen LogP contribution in [0.15, 0.2) is 40.8 Å². The molecule has 0 aliphatic rings. The molecular formula is C14H9ClN2O3. The first kappa shape index (κ1) is 12.6. The molecule has 20 heavy (non-hydrogen) atoms. The smallest absolute Gasteiger partial charge is 0.272 e. The summed E-state index contributed by atoms with van der Waals surface area (Å²) in [6.07, 6.45) is 0. The minimum atomic E-state index is -0.412. The zero-order valence-corrected chi connectivity index (χ0v) is 11.2. The first-order chi connectivity index (χ1) is 9.54. The molecule has 0 aliphatic carbocycles. The molecule has 1 heterocycles. The van der Waals surface area contributed by atoms with Crippen molar-refractivity contribution < 1.29 is 9.34 Å². The molecule has 3 rings (SSSR count). The van der Waals surface area contributed by atoms with Crippen molar-refractivity contribution in [2.45, 2.75) is 6.92 Å². The third kappa shape index (κ3) is 2.12. The van der Waals surface area contributed by atoms with E-state index in [1.165, 1.54) is 6.07 Å². The number of oxazole rings is 1. The normalized spacial score (nSPS) is 10.9. The minimum absolute atomic E-state index is 0.0768. The predicted molar refractivity (Wildman–Crippen MR) is 75.8 cm³/mol. The monoisotopic (exact) mass is 288 g/mol. The fourth-order valence-corrected chi connectivity index (χ4v) is 2.18. The predicted octanol–water partition coefficient (Wildman–Crippen LogP) is 4.36. The highest BCUT2D eigenvalue weighted by Crippen LogP contribution is 2.29. The van der Waals surface area contributed by atoms with Crippen molar-refractivity contribution in [1.82, 2.24) is 4.98 Å². The van der Waals surface area contributed by atoms with Crippen LogP contribution in [0.3, 0.4) is 0 Å². The molecule has 0 fully saturated rings. The van der Waals surface area contributed by atoms with E-state index in [4.69, 9.17) is 16.0 Å². The van der Waals surface area contributed by atoms with Gasteiger partial charge in [0.15, 0.2) is 5.58 Å². The molecule has 5 nitrogen and oxygen atoms in total. The van der Waals surface area contributed by atoms with E-state index in [1.54, 1.807) is 37.3 Å². The van der Waals surface area contributed by atoms with E-state index >= 15 is 0 Å². The summed E-state index contributed by atoms with van der Waals surface area (Å²) >= 11 is 5.90. The van der Waals surface area contributed by atoms with Crippen molar-refractivity contribution >= 4 is 28.4 Å². The average molecular weight is 289 g/mol. The van der Waals surface area contributed by atoms with E-state index in [9.17, 15) is 10.1 Å². The van der Waals surface area contributed by atoms with Crippen LogP contribution in [0, 0.1) is 17.0 Å². The molecule has 6 heteroatoms. The lowest BCUT2D eigenvalue weighted by Crippen LogP contribution is -1.91. The van der Waals surface area contributed by atoms with Crippen molar-refractivity contribution in [2.75, 3.05) is 0 Å². The Labute approximate surface area is 119 Å². The van der Waals surface area contributed by atoms with Crippen LogP contribution < -0.4 is 0 Å². The number of aryl methyl sites for hydroxylation is 1. The molecule has 0 saturated heterocycles. The maximum absolute atomic E-state index is 10.8. The molecule has 0 atom stereocenters. The first-order valence-corrected chi connectivity index (χ1v) is 6.24. The number of nitro benzene ring substituents is 1. The second-order valence-corrected chi connectivity index (χ2v) is 4.83. The van der Waals surface area contributed by atoms with E-state index in [0.29, 0.717) is 33.1 Å². The lowest BCUT2D eigenvalue weighted by atomic mass is 10.1. The van der Waals surface area contributed by atoms with Gasteiger partial charge in [0.25, 0.3) is 5.69 Å². The lowest BCUT2D eigenvalue weighted by Gasteiger charge is -1.99. The van der Waals surface area contributed by atoms with Crippen molar-refractivity contribution in [3.05, 3.63) is 57.1 Å². The lowest BCUT2D eigenvalue weighted by molar-refractivity contribution is -0.385. The quantitative estimate of drug-likeness (QED) is 0.519.